The third-order valence-corrected chi connectivity index (χ3v) is 5.86. The first-order valence-electron chi connectivity index (χ1n) is 10.1. The van der Waals surface area contributed by atoms with Crippen molar-refractivity contribution in [3.05, 3.63) is 59.7 Å². The van der Waals surface area contributed by atoms with Crippen LogP contribution in [0.4, 0.5) is 16.0 Å². The summed E-state index contributed by atoms with van der Waals surface area (Å²) in [5.74, 6) is -0.328. The summed E-state index contributed by atoms with van der Waals surface area (Å²) in [5, 5.41) is 13.6. The number of fused-ring (bicyclic) bond motifs is 1. The fraction of sp³-hybridized carbons (Fsp3) is 0.348. The summed E-state index contributed by atoms with van der Waals surface area (Å²) < 4.78 is 15.1. The van der Waals surface area contributed by atoms with E-state index < -0.39 is 5.60 Å². The van der Waals surface area contributed by atoms with Crippen molar-refractivity contribution in [3.8, 4) is 5.69 Å². The van der Waals surface area contributed by atoms with Gasteiger partial charge in [-0.3, -0.25) is 14.7 Å². The molecular weight excluding hydrogens is 383 g/mol. The first kappa shape index (κ1) is 20.0. The van der Waals surface area contributed by atoms with Gasteiger partial charge >= 0.3 is 0 Å². The molecule has 1 amide bonds. The molecule has 1 aromatic heterocycles. The van der Waals surface area contributed by atoms with Crippen molar-refractivity contribution in [2.45, 2.75) is 44.6 Å². The summed E-state index contributed by atoms with van der Waals surface area (Å²) in [4.78, 5) is 20.8. The highest BCUT2D eigenvalue weighted by Gasteiger charge is 2.36. The van der Waals surface area contributed by atoms with Gasteiger partial charge < -0.3 is 5.11 Å². The Morgan fingerprint density at radius 2 is 2.00 bits per heavy atom. The van der Waals surface area contributed by atoms with E-state index in [4.69, 9.17) is 6.57 Å². The number of benzene rings is 2. The molecule has 0 saturated heterocycles. The van der Waals surface area contributed by atoms with Crippen LogP contribution < -0.4 is 5.32 Å². The number of aromatic nitrogens is 2. The van der Waals surface area contributed by atoms with Gasteiger partial charge in [-0.1, -0.05) is 18.9 Å². The van der Waals surface area contributed by atoms with Crippen molar-refractivity contribution in [1.29, 1.82) is 0 Å². The third-order valence-electron chi connectivity index (χ3n) is 5.86. The van der Waals surface area contributed by atoms with Crippen molar-refractivity contribution in [3.63, 3.8) is 0 Å². The third kappa shape index (κ3) is 3.91. The molecule has 0 bridgehead atoms. The van der Waals surface area contributed by atoms with E-state index in [1.54, 1.807) is 41.8 Å². The molecule has 30 heavy (non-hydrogen) atoms. The maximum atomic E-state index is 13.4. The Hall–Kier alpha value is -3.24. The number of carbonyl (C=O) groups excluding carboxylic acids is 1. The minimum absolute atomic E-state index is 0.0302. The van der Waals surface area contributed by atoms with Gasteiger partial charge in [-0.25, -0.2) is 14.2 Å². The van der Waals surface area contributed by atoms with E-state index in [0.717, 1.165) is 25.7 Å². The maximum Gasteiger partial charge on any atom is 0.229 e. The van der Waals surface area contributed by atoms with Crippen LogP contribution in [0.15, 0.2) is 42.5 Å². The maximum absolute atomic E-state index is 13.4. The number of hydrogen-bond donors (Lipinski definition) is 2. The SMILES string of the molecule is [C-]#[N+]c1ccc2nc(NC(=O)CC(C)(O)C3CCCC3)n(-c3ccc(F)cc3)c2c1. The molecule has 4 rings (SSSR count). The second kappa shape index (κ2) is 7.88. The van der Waals surface area contributed by atoms with E-state index in [-0.39, 0.29) is 30.0 Å². The minimum atomic E-state index is -1.08. The van der Waals surface area contributed by atoms with Crippen LogP contribution in [-0.2, 0) is 4.79 Å². The van der Waals surface area contributed by atoms with Gasteiger partial charge in [-0.05, 0) is 62.1 Å². The quantitative estimate of drug-likeness (QED) is 0.587. The first-order valence-corrected chi connectivity index (χ1v) is 10.1. The van der Waals surface area contributed by atoms with Gasteiger partial charge in [-0.15, -0.1) is 0 Å². The van der Waals surface area contributed by atoms with E-state index in [1.807, 2.05) is 0 Å². The molecule has 6 nitrogen and oxygen atoms in total. The zero-order chi connectivity index (χ0) is 21.3. The number of rotatable bonds is 5. The predicted molar refractivity (Wildman–Crippen MR) is 113 cm³/mol. The molecule has 1 heterocycles. The monoisotopic (exact) mass is 406 g/mol. The molecule has 1 atom stereocenters. The molecule has 1 aliphatic rings. The Balaban J connectivity index is 1.69. The Labute approximate surface area is 174 Å². The molecule has 3 aromatic rings. The number of nitrogens with one attached hydrogen (secondary N) is 1. The lowest BCUT2D eigenvalue weighted by atomic mass is 9.85. The molecule has 0 spiro atoms. The average molecular weight is 406 g/mol. The van der Waals surface area contributed by atoms with Crippen molar-refractivity contribution in [2.75, 3.05) is 5.32 Å². The Kier molecular flexibility index (Phi) is 5.27. The first-order chi connectivity index (χ1) is 14.4. The van der Waals surface area contributed by atoms with E-state index in [0.29, 0.717) is 22.4 Å². The van der Waals surface area contributed by atoms with E-state index in [2.05, 4.69) is 15.1 Å². The van der Waals surface area contributed by atoms with Gasteiger partial charge in [0.15, 0.2) is 5.69 Å². The number of carbonyl (C=O) groups is 1. The Morgan fingerprint density at radius 1 is 1.30 bits per heavy atom. The molecule has 7 heteroatoms. The average Bonchev–Trinajstić information content (AvgIpc) is 3.36. The lowest BCUT2D eigenvalue weighted by Crippen LogP contribution is -2.37. The van der Waals surface area contributed by atoms with Gasteiger partial charge in [0.25, 0.3) is 0 Å². The number of aliphatic hydroxyl groups is 1. The van der Waals surface area contributed by atoms with Crippen molar-refractivity contribution in [1.82, 2.24) is 9.55 Å². The highest BCUT2D eigenvalue weighted by atomic mass is 19.1. The van der Waals surface area contributed by atoms with E-state index in [9.17, 15) is 14.3 Å². The minimum Gasteiger partial charge on any atom is -0.389 e. The molecule has 1 aliphatic carbocycles. The summed E-state index contributed by atoms with van der Waals surface area (Å²) in [6, 6.07) is 10.9. The molecular formula is C23H23FN4O2. The van der Waals surface area contributed by atoms with Gasteiger partial charge in [0.2, 0.25) is 11.9 Å². The Bertz CT molecular complexity index is 1120. The predicted octanol–water partition coefficient (Wildman–Crippen LogP) is 4.99. The molecule has 0 radical (unpaired) electrons. The summed E-state index contributed by atoms with van der Waals surface area (Å²) in [6.07, 6.45) is 3.97. The number of nitrogens with zero attached hydrogens (tertiary/aromatic N) is 3. The zero-order valence-corrected chi connectivity index (χ0v) is 16.7. The second-order valence-corrected chi connectivity index (χ2v) is 8.10. The number of halogens is 1. The fourth-order valence-electron chi connectivity index (χ4n) is 4.25. The molecule has 0 aliphatic heterocycles. The Morgan fingerprint density at radius 3 is 2.67 bits per heavy atom. The van der Waals surface area contributed by atoms with Crippen LogP contribution in [0.3, 0.4) is 0 Å². The van der Waals surface area contributed by atoms with E-state index >= 15 is 0 Å². The lowest BCUT2D eigenvalue weighted by molar-refractivity contribution is -0.122. The van der Waals surface area contributed by atoms with Crippen molar-refractivity contribution < 1.29 is 14.3 Å². The smallest absolute Gasteiger partial charge is 0.229 e. The number of imidazole rings is 1. The van der Waals surface area contributed by atoms with Gasteiger partial charge in [0.1, 0.15) is 5.82 Å². The number of anilines is 1. The van der Waals surface area contributed by atoms with Crippen LogP contribution in [0.25, 0.3) is 21.6 Å². The molecule has 1 fully saturated rings. The van der Waals surface area contributed by atoms with Crippen LogP contribution >= 0.6 is 0 Å². The topological polar surface area (TPSA) is 71.5 Å². The van der Waals surface area contributed by atoms with Crippen LogP contribution in [0, 0.1) is 18.3 Å². The zero-order valence-electron chi connectivity index (χ0n) is 16.7. The normalized spacial score (nSPS) is 16.3. The van der Waals surface area contributed by atoms with Gasteiger partial charge in [-0.2, -0.15) is 0 Å². The second-order valence-electron chi connectivity index (χ2n) is 8.10. The number of hydrogen-bond acceptors (Lipinski definition) is 3. The highest BCUT2D eigenvalue weighted by Crippen LogP contribution is 2.36. The highest BCUT2D eigenvalue weighted by molar-refractivity contribution is 5.93. The molecule has 154 valence electrons. The summed E-state index contributed by atoms with van der Waals surface area (Å²) >= 11 is 0. The van der Waals surface area contributed by atoms with Crippen LogP contribution in [0.1, 0.15) is 39.0 Å². The molecule has 1 saturated carbocycles. The summed E-state index contributed by atoms with van der Waals surface area (Å²) in [5.41, 5.74) is 1.20. The molecule has 1 unspecified atom stereocenters. The fourth-order valence-corrected chi connectivity index (χ4v) is 4.25. The van der Waals surface area contributed by atoms with Gasteiger partial charge in [0.05, 0.1) is 29.6 Å². The molecule has 2 N–H and O–H groups in total. The largest absolute Gasteiger partial charge is 0.389 e. The van der Waals surface area contributed by atoms with Crippen molar-refractivity contribution in [2.24, 2.45) is 5.92 Å². The van der Waals surface area contributed by atoms with Gasteiger partial charge in [0, 0.05) is 5.69 Å². The van der Waals surface area contributed by atoms with Crippen LogP contribution in [-0.4, -0.2) is 26.2 Å². The van der Waals surface area contributed by atoms with Crippen LogP contribution in [0.2, 0.25) is 0 Å². The molecule has 2 aromatic carbocycles. The lowest BCUT2D eigenvalue weighted by Gasteiger charge is -2.29. The van der Waals surface area contributed by atoms with Crippen LogP contribution in [0.5, 0.6) is 0 Å². The summed E-state index contributed by atoms with van der Waals surface area (Å²) in [6.45, 7) is 8.99. The van der Waals surface area contributed by atoms with Crippen molar-refractivity contribution >= 4 is 28.6 Å². The summed E-state index contributed by atoms with van der Waals surface area (Å²) in [7, 11) is 0. The van der Waals surface area contributed by atoms with E-state index in [1.165, 1.54) is 12.1 Å². The standard InChI is InChI=1S/C23H23FN4O2/c1-23(30,15-5-3-4-6-15)14-21(29)27-22-26-19-12-9-17(25-2)13-20(19)28(22)18-10-7-16(24)8-11-18/h7-13,15,30H,3-6,14H2,1H3,(H,26,27,29). The number of amides is 1.